The summed E-state index contributed by atoms with van der Waals surface area (Å²) in [5, 5.41) is 12.4. The molecule has 1 N–H and O–H groups in total. The Labute approximate surface area is 98.9 Å². The molecule has 1 aromatic carbocycles. The molecule has 1 heterocycles. The maximum absolute atomic E-state index is 10.5. The summed E-state index contributed by atoms with van der Waals surface area (Å²) in [5.41, 5.74) is 2.92. The van der Waals surface area contributed by atoms with E-state index in [4.69, 9.17) is 9.63 Å². The number of carboxylic acids is 1. The Morgan fingerprint density at radius 2 is 2.06 bits per heavy atom. The highest BCUT2D eigenvalue weighted by atomic mass is 16.5. The highest BCUT2D eigenvalue weighted by Gasteiger charge is 2.11. The van der Waals surface area contributed by atoms with E-state index in [1.54, 1.807) is 6.20 Å². The standard InChI is InChI=1S/C13H13NO3/c1-9-2-4-10(5-3-9)13-11(8-14-17-13)6-7-12(15)16/h2-5,8H,6-7H2,1H3,(H,15,16). The quantitative estimate of drug-likeness (QED) is 0.878. The van der Waals surface area contributed by atoms with E-state index in [9.17, 15) is 4.79 Å². The molecule has 2 aromatic rings. The van der Waals surface area contributed by atoms with Gasteiger partial charge in [-0.2, -0.15) is 0 Å². The van der Waals surface area contributed by atoms with E-state index in [0.29, 0.717) is 12.2 Å². The molecule has 0 unspecified atom stereocenters. The molecule has 0 saturated carbocycles. The Kier molecular flexibility index (Phi) is 3.23. The van der Waals surface area contributed by atoms with Crippen molar-refractivity contribution in [3.8, 4) is 11.3 Å². The third-order valence-electron chi connectivity index (χ3n) is 2.57. The Morgan fingerprint density at radius 1 is 1.35 bits per heavy atom. The molecule has 0 radical (unpaired) electrons. The van der Waals surface area contributed by atoms with Crippen LogP contribution < -0.4 is 0 Å². The average molecular weight is 231 g/mol. The number of aryl methyl sites for hydroxylation is 2. The Hall–Kier alpha value is -2.10. The Balaban J connectivity index is 2.24. The molecule has 0 atom stereocenters. The van der Waals surface area contributed by atoms with Crippen LogP contribution in [0.4, 0.5) is 0 Å². The summed E-state index contributed by atoms with van der Waals surface area (Å²) in [6.45, 7) is 2.01. The molecule has 4 nitrogen and oxygen atoms in total. The van der Waals surface area contributed by atoms with Gasteiger partial charge in [0.05, 0.1) is 6.20 Å². The van der Waals surface area contributed by atoms with E-state index >= 15 is 0 Å². The number of nitrogens with zero attached hydrogens (tertiary/aromatic N) is 1. The first-order chi connectivity index (χ1) is 8.16. The first-order valence-electron chi connectivity index (χ1n) is 5.39. The van der Waals surface area contributed by atoms with Crippen LogP contribution in [0, 0.1) is 6.92 Å². The number of aromatic nitrogens is 1. The summed E-state index contributed by atoms with van der Waals surface area (Å²) in [6.07, 6.45) is 2.10. The predicted octanol–water partition coefficient (Wildman–Crippen LogP) is 2.67. The predicted molar refractivity (Wildman–Crippen MR) is 62.6 cm³/mol. The lowest BCUT2D eigenvalue weighted by Gasteiger charge is -2.00. The highest BCUT2D eigenvalue weighted by molar-refractivity contribution is 5.68. The number of carboxylic acid groups (broad SMARTS) is 1. The molecule has 17 heavy (non-hydrogen) atoms. The molecule has 0 aliphatic rings. The molecule has 88 valence electrons. The zero-order valence-corrected chi connectivity index (χ0v) is 9.51. The van der Waals surface area contributed by atoms with Crippen molar-refractivity contribution >= 4 is 5.97 Å². The van der Waals surface area contributed by atoms with E-state index in [1.165, 1.54) is 5.56 Å². The minimum atomic E-state index is -0.818. The summed E-state index contributed by atoms with van der Waals surface area (Å²) >= 11 is 0. The lowest BCUT2D eigenvalue weighted by molar-refractivity contribution is -0.136. The molecule has 1 aromatic heterocycles. The van der Waals surface area contributed by atoms with Gasteiger partial charge in [-0.3, -0.25) is 4.79 Å². The highest BCUT2D eigenvalue weighted by Crippen LogP contribution is 2.24. The molecular formula is C13H13NO3. The van der Waals surface area contributed by atoms with Crippen LogP contribution >= 0.6 is 0 Å². The number of carbonyl (C=O) groups is 1. The fraction of sp³-hybridized carbons (Fsp3) is 0.231. The molecule has 0 saturated heterocycles. The minimum Gasteiger partial charge on any atom is -0.481 e. The SMILES string of the molecule is Cc1ccc(-c2oncc2CCC(=O)O)cc1. The summed E-state index contributed by atoms with van der Waals surface area (Å²) in [6, 6.07) is 7.86. The molecule has 0 spiro atoms. The summed E-state index contributed by atoms with van der Waals surface area (Å²) in [4.78, 5) is 10.5. The first kappa shape index (κ1) is 11.4. The molecule has 0 aliphatic heterocycles. The molecule has 4 heteroatoms. The van der Waals surface area contributed by atoms with Crippen LogP contribution in [0.15, 0.2) is 35.0 Å². The third kappa shape index (κ3) is 2.72. The molecule has 0 fully saturated rings. The Bertz CT molecular complexity index is 514. The largest absolute Gasteiger partial charge is 0.481 e. The summed E-state index contributed by atoms with van der Waals surface area (Å²) < 4.78 is 5.18. The van der Waals surface area contributed by atoms with Crippen LogP contribution in [0.5, 0.6) is 0 Å². The molecule has 0 bridgehead atoms. The third-order valence-corrected chi connectivity index (χ3v) is 2.57. The van der Waals surface area contributed by atoms with Crippen molar-refractivity contribution in [2.24, 2.45) is 0 Å². The second kappa shape index (κ2) is 4.82. The number of aliphatic carboxylic acids is 1. The van der Waals surface area contributed by atoms with Crippen molar-refractivity contribution < 1.29 is 14.4 Å². The van der Waals surface area contributed by atoms with Gasteiger partial charge in [-0.1, -0.05) is 35.0 Å². The van der Waals surface area contributed by atoms with Gasteiger partial charge >= 0.3 is 5.97 Å². The van der Waals surface area contributed by atoms with Gasteiger partial charge in [0.25, 0.3) is 0 Å². The molecule has 2 rings (SSSR count). The fourth-order valence-corrected chi connectivity index (χ4v) is 1.62. The van der Waals surface area contributed by atoms with Crippen LogP contribution in [-0.4, -0.2) is 16.2 Å². The lowest BCUT2D eigenvalue weighted by Crippen LogP contribution is -1.97. The lowest BCUT2D eigenvalue weighted by atomic mass is 10.0. The maximum Gasteiger partial charge on any atom is 0.303 e. The van der Waals surface area contributed by atoms with Gasteiger partial charge in [-0.25, -0.2) is 0 Å². The van der Waals surface area contributed by atoms with Crippen molar-refractivity contribution in [3.05, 3.63) is 41.6 Å². The van der Waals surface area contributed by atoms with Crippen LogP contribution in [-0.2, 0) is 11.2 Å². The van der Waals surface area contributed by atoms with Gasteiger partial charge in [-0.15, -0.1) is 0 Å². The Morgan fingerprint density at radius 3 is 2.71 bits per heavy atom. The topological polar surface area (TPSA) is 63.3 Å². The number of benzene rings is 1. The van der Waals surface area contributed by atoms with Crippen LogP contribution in [0.2, 0.25) is 0 Å². The van der Waals surface area contributed by atoms with E-state index in [2.05, 4.69) is 5.16 Å². The van der Waals surface area contributed by atoms with Crippen molar-refractivity contribution in [1.82, 2.24) is 5.16 Å². The van der Waals surface area contributed by atoms with Crippen LogP contribution in [0.25, 0.3) is 11.3 Å². The van der Waals surface area contributed by atoms with Crippen LogP contribution in [0.1, 0.15) is 17.5 Å². The molecule has 0 aliphatic carbocycles. The van der Waals surface area contributed by atoms with Gasteiger partial charge in [0, 0.05) is 17.5 Å². The molecular weight excluding hydrogens is 218 g/mol. The van der Waals surface area contributed by atoms with Gasteiger partial charge in [0.1, 0.15) is 0 Å². The van der Waals surface area contributed by atoms with Gasteiger partial charge < -0.3 is 9.63 Å². The second-order valence-electron chi connectivity index (χ2n) is 3.94. The normalized spacial score (nSPS) is 10.4. The van der Waals surface area contributed by atoms with E-state index in [0.717, 1.165) is 11.1 Å². The summed E-state index contributed by atoms with van der Waals surface area (Å²) in [7, 11) is 0. The van der Waals surface area contributed by atoms with Gasteiger partial charge in [-0.05, 0) is 13.3 Å². The van der Waals surface area contributed by atoms with Gasteiger partial charge in [0.2, 0.25) is 0 Å². The van der Waals surface area contributed by atoms with E-state index in [-0.39, 0.29) is 6.42 Å². The number of rotatable bonds is 4. The van der Waals surface area contributed by atoms with Crippen molar-refractivity contribution in [2.75, 3.05) is 0 Å². The summed E-state index contributed by atoms with van der Waals surface area (Å²) in [5.74, 6) is -0.160. The van der Waals surface area contributed by atoms with Gasteiger partial charge in [0.15, 0.2) is 5.76 Å². The zero-order valence-electron chi connectivity index (χ0n) is 9.51. The molecule has 0 amide bonds. The zero-order chi connectivity index (χ0) is 12.3. The number of hydrogen-bond donors (Lipinski definition) is 1. The van der Waals surface area contributed by atoms with E-state index < -0.39 is 5.97 Å². The van der Waals surface area contributed by atoms with Crippen LogP contribution in [0.3, 0.4) is 0 Å². The smallest absolute Gasteiger partial charge is 0.303 e. The van der Waals surface area contributed by atoms with E-state index in [1.807, 2.05) is 31.2 Å². The second-order valence-corrected chi connectivity index (χ2v) is 3.94. The monoisotopic (exact) mass is 231 g/mol. The first-order valence-corrected chi connectivity index (χ1v) is 5.39. The maximum atomic E-state index is 10.5. The number of hydrogen-bond acceptors (Lipinski definition) is 3. The minimum absolute atomic E-state index is 0.0834. The van der Waals surface area contributed by atoms with Crippen molar-refractivity contribution in [1.29, 1.82) is 0 Å². The van der Waals surface area contributed by atoms with Crippen molar-refractivity contribution in [3.63, 3.8) is 0 Å². The fourth-order valence-electron chi connectivity index (χ4n) is 1.62. The van der Waals surface area contributed by atoms with Crippen molar-refractivity contribution in [2.45, 2.75) is 19.8 Å². The average Bonchev–Trinajstić information content (AvgIpc) is 2.75.